The first-order chi connectivity index (χ1) is 25.9. The SMILES string of the molecule is CCC1(CC)C(=O)N([C@@H](CCCCN(N)/C=C(\N)COCCOCCNc2ccc([N+](=O)[O-])cc2[N+](=O)[O-])C(=O)O)C(=O)N([C@@H](CCC(=O)O)C(=O)O)C1=O. The normalized spacial score (nSPS) is 15.4. The van der Waals surface area contributed by atoms with Crippen LogP contribution in [0.15, 0.2) is 30.1 Å². The van der Waals surface area contributed by atoms with Crippen LogP contribution < -0.4 is 16.9 Å². The first-order valence-corrected chi connectivity index (χ1v) is 17.1. The van der Waals surface area contributed by atoms with Crippen molar-refractivity contribution in [2.75, 3.05) is 44.8 Å². The van der Waals surface area contributed by atoms with Crippen LogP contribution in [0.1, 0.15) is 58.8 Å². The molecule has 2 atom stereocenters. The quantitative estimate of drug-likeness (QED) is 0.0255. The standard InChI is InChI=1S/C32H46N8O15/c1-3-32(4-2)29(47)37(31(49)38(30(32)48)24(28(45)46)10-11-26(41)42)23(27(43)44)7-5-6-13-36(34)18-20(33)19-55-16-15-54-14-12-35-22-9-8-21(39(50)51)17-25(22)40(52)53/h8-9,17-18,23-24,35H,3-7,10-16,19,33-34H2,1-2H3,(H,41,42)(H,43,44)(H,45,46)/b20-18-/t23-,24-/m0/s1. The molecule has 23 nitrogen and oxygen atoms in total. The van der Waals surface area contributed by atoms with Crippen molar-refractivity contribution in [2.24, 2.45) is 17.0 Å². The Morgan fingerprint density at radius 2 is 1.51 bits per heavy atom. The number of unbranched alkanes of at least 4 members (excludes halogenated alkanes) is 1. The molecule has 23 heteroatoms. The molecule has 0 aromatic heterocycles. The monoisotopic (exact) mass is 782 g/mol. The lowest BCUT2D eigenvalue weighted by Crippen LogP contribution is -2.70. The number of urea groups is 1. The third kappa shape index (κ3) is 12.0. The number of carbonyl (C=O) groups is 6. The van der Waals surface area contributed by atoms with E-state index in [-0.39, 0.29) is 83.0 Å². The number of non-ortho nitro benzene ring substituents is 1. The van der Waals surface area contributed by atoms with E-state index < -0.39 is 87.3 Å². The van der Waals surface area contributed by atoms with Crippen molar-refractivity contribution in [3.05, 3.63) is 50.3 Å². The van der Waals surface area contributed by atoms with Gasteiger partial charge in [0.25, 0.3) is 11.4 Å². The van der Waals surface area contributed by atoms with E-state index in [0.29, 0.717) is 9.80 Å². The van der Waals surface area contributed by atoms with Gasteiger partial charge in [-0.25, -0.2) is 30.0 Å². The molecule has 4 amide bonds. The van der Waals surface area contributed by atoms with E-state index in [9.17, 15) is 59.2 Å². The number of amides is 4. The predicted octanol–water partition coefficient (Wildman–Crippen LogP) is 1.46. The number of carboxylic acids is 3. The number of hydrazine groups is 1. The van der Waals surface area contributed by atoms with Crippen molar-refractivity contribution in [2.45, 2.75) is 70.9 Å². The molecule has 1 aliphatic rings. The van der Waals surface area contributed by atoms with Crippen LogP contribution in [-0.2, 0) is 33.4 Å². The molecule has 0 unspecified atom stereocenters. The molecule has 1 saturated heterocycles. The molecule has 1 fully saturated rings. The van der Waals surface area contributed by atoms with E-state index >= 15 is 0 Å². The van der Waals surface area contributed by atoms with E-state index in [1.165, 1.54) is 31.1 Å². The minimum Gasteiger partial charge on any atom is -0.481 e. The zero-order valence-corrected chi connectivity index (χ0v) is 30.3. The molecule has 2 rings (SSSR count). The Balaban J connectivity index is 1.89. The molecule has 8 N–H and O–H groups in total. The van der Waals surface area contributed by atoms with Crippen molar-refractivity contribution < 1.29 is 63.4 Å². The minimum absolute atomic E-state index is 0.0415. The van der Waals surface area contributed by atoms with E-state index in [0.717, 1.165) is 12.1 Å². The number of imide groups is 2. The van der Waals surface area contributed by atoms with Crippen molar-refractivity contribution >= 4 is 52.8 Å². The van der Waals surface area contributed by atoms with E-state index in [4.69, 9.17) is 26.2 Å². The van der Waals surface area contributed by atoms with Crippen LogP contribution in [0.2, 0.25) is 0 Å². The Labute approximate surface area is 314 Å². The molecule has 0 spiro atoms. The Kier molecular flexibility index (Phi) is 17.3. The smallest absolute Gasteiger partial charge is 0.335 e. The Hall–Kier alpha value is -5.94. The zero-order valence-electron chi connectivity index (χ0n) is 30.3. The fraction of sp³-hybridized carbons (Fsp3) is 0.562. The van der Waals surface area contributed by atoms with Gasteiger partial charge in [0.1, 0.15) is 23.2 Å². The number of hydrogen-bond acceptors (Lipinski definition) is 16. The highest BCUT2D eigenvalue weighted by Crippen LogP contribution is 2.39. The fourth-order valence-electron chi connectivity index (χ4n) is 5.78. The molecular weight excluding hydrogens is 736 g/mol. The maximum atomic E-state index is 13.7. The van der Waals surface area contributed by atoms with Crippen LogP contribution in [-0.4, -0.2) is 127 Å². The Bertz CT molecular complexity index is 1630. The number of nitro groups is 2. The molecule has 0 bridgehead atoms. The maximum Gasteiger partial charge on any atom is 0.335 e. The molecule has 1 heterocycles. The summed E-state index contributed by atoms with van der Waals surface area (Å²) in [6.07, 6.45) is -0.273. The summed E-state index contributed by atoms with van der Waals surface area (Å²) >= 11 is 0. The van der Waals surface area contributed by atoms with Crippen molar-refractivity contribution in [3.63, 3.8) is 0 Å². The number of nitrogens with zero attached hydrogens (tertiary/aromatic N) is 5. The number of rotatable bonds is 26. The summed E-state index contributed by atoms with van der Waals surface area (Å²) in [5.41, 5.74) is 3.46. The number of hydrogen-bond donors (Lipinski definition) is 6. The van der Waals surface area contributed by atoms with Gasteiger partial charge < -0.3 is 40.9 Å². The molecule has 0 aliphatic carbocycles. The number of aliphatic carboxylic acids is 3. The van der Waals surface area contributed by atoms with Crippen molar-refractivity contribution in [1.82, 2.24) is 14.8 Å². The van der Waals surface area contributed by atoms with Gasteiger partial charge in [-0.15, -0.1) is 0 Å². The van der Waals surface area contributed by atoms with Gasteiger partial charge in [0, 0.05) is 31.8 Å². The van der Waals surface area contributed by atoms with Crippen LogP contribution in [0.3, 0.4) is 0 Å². The van der Waals surface area contributed by atoms with Crippen LogP contribution in [0, 0.1) is 25.6 Å². The molecule has 1 aromatic rings. The molecule has 0 saturated carbocycles. The highest BCUT2D eigenvalue weighted by molar-refractivity contribution is 6.21. The summed E-state index contributed by atoms with van der Waals surface area (Å²) in [6, 6.07) is -1.96. The number of nitro benzene ring substituents is 2. The largest absolute Gasteiger partial charge is 0.481 e. The third-order valence-corrected chi connectivity index (χ3v) is 8.77. The van der Waals surface area contributed by atoms with Gasteiger partial charge in [0.15, 0.2) is 0 Å². The maximum absolute atomic E-state index is 13.7. The number of barbiturate groups is 1. The lowest BCUT2D eigenvalue weighted by molar-refractivity contribution is -0.393. The number of anilines is 1. The summed E-state index contributed by atoms with van der Waals surface area (Å²) in [5.74, 6) is -0.883. The number of nitrogens with two attached hydrogens (primary N) is 2. The summed E-state index contributed by atoms with van der Waals surface area (Å²) in [6.45, 7) is 3.59. The first-order valence-electron chi connectivity index (χ1n) is 17.1. The molecule has 1 aliphatic heterocycles. The van der Waals surface area contributed by atoms with Crippen LogP contribution in [0.25, 0.3) is 0 Å². The van der Waals surface area contributed by atoms with Gasteiger partial charge in [-0.1, -0.05) is 13.8 Å². The second-order valence-corrected chi connectivity index (χ2v) is 12.3. The second kappa shape index (κ2) is 21.1. The van der Waals surface area contributed by atoms with Gasteiger partial charge >= 0.3 is 23.9 Å². The number of carboxylic acid groups (broad SMARTS) is 3. The van der Waals surface area contributed by atoms with Crippen LogP contribution >= 0.6 is 0 Å². The number of nitrogens with one attached hydrogen (secondary N) is 1. The number of carbonyl (C=O) groups excluding carboxylic acids is 3. The Morgan fingerprint density at radius 1 is 0.927 bits per heavy atom. The van der Waals surface area contributed by atoms with Crippen molar-refractivity contribution in [1.29, 1.82) is 0 Å². The third-order valence-electron chi connectivity index (χ3n) is 8.77. The molecule has 304 valence electrons. The van der Waals surface area contributed by atoms with Crippen LogP contribution in [0.5, 0.6) is 0 Å². The molecular formula is C32H46N8O15. The highest BCUT2D eigenvalue weighted by Gasteiger charge is 2.59. The van der Waals surface area contributed by atoms with Gasteiger partial charge in [0.05, 0.1) is 48.0 Å². The highest BCUT2D eigenvalue weighted by atomic mass is 16.6. The lowest BCUT2D eigenvalue weighted by Gasteiger charge is -2.46. The zero-order chi connectivity index (χ0) is 41.5. The summed E-state index contributed by atoms with van der Waals surface area (Å²) in [5, 5.41) is 55.1. The minimum atomic E-state index is -1.95. The molecule has 0 radical (unpaired) electrons. The van der Waals surface area contributed by atoms with Gasteiger partial charge in [-0.2, -0.15) is 0 Å². The molecule has 55 heavy (non-hydrogen) atoms. The summed E-state index contributed by atoms with van der Waals surface area (Å²) in [4.78, 5) is 97.8. The van der Waals surface area contributed by atoms with E-state index in [1.54, 1.807) is 0 Å². The second-order valence-electron chi connectivity index (χ2n) is 12.3. The predicted molar refractivity (Wildman–Crippen MR) is 189 cm³/mol. The first kappa shape index (κ1) is 45.2. The van der Waals surface area contributed by atoms with Gasteiger partial charge in [-0.3, -0.25) is 34.6 Å². The van der Waals surface area contributed by atoms with Gasteiger partial charge in [-0.05, 0) is 44.6 Å². The van der Waals surface area contributed by atoms with E-state index in [2.05, 4.69) is 5.32 Å². The van der Waals surface area contributed by atoms with Crippen LogP contribution in [0.4, 0.5) is 21.9 Å². The summed E-state index contributed by atoms with van der Waals surface area (Å²) in [7, 11) is 0. The summed E-state index contributed by atoms with van der Waals surface area (Å²) < 4.78 is 10.8. The lowest BCUT2D eigenvalue weighted by atomic mass is 9.77. The van der Waals surface area contributed by atoms with E-state index in [1.807, 2.05) is 0 Å². The number of benzene rings is 1. The fourth-order valence-corrected chi connectivity index (χ4v) is 5.78. The topological polar surface area (TPSA) is 342 Å². The van der Waals surface area contributed by atoms with Crippen molar-refractivity contribution in [3.8, 4) is 0 Å². The van der Waals surface area contributed by atoms with Gasteiger partial charge in [0.2, 0.25) is 11.8 Å². The average molecular weight is 783 g/mol. The average Bonchev–Trinajstić information content (AvgIpc) is 3.11. The number of ether oxygens (including phenoxy) is 2. The molecule has 1 aromatic carbocycles. The Morgan fingerprint density at radius 3 is 2.04 bits per heavy atom.